The maximum Gasteiger partial charge on any atom is 0.256 e. The molecule has 2 saturated carbocycles. The number of carbonyl (C=O) groups excluding carboxylic acids is 1. The van der Waals surface area contributed by atoms with Gasteiger partial charge in [-0.3, -0.25) is 4.79 Å². The molecule has 1 aromatic heterocycles. The van der Waals surface area contributed by atoms with Gasteiger partial charge in [0.05, 0.1) is 18.2 Å². The number of aliphatic hydroxyl groups excluding tert-OH is 1. The van der Waals surface area contributed by atoms with Gasteiger partial charge < -0.3 is 25.4 Å². The van der Waals surface area contributed by atoms with Crippen LogP contribution in [-0.2, 0) is 6.54 Å². The second-order valence-electron chi connectivity index (χ2n) is 9.91. The number of aromatic nitrogens is 2. The molecule has 3 aliphatic rings. The van der Waals surface area contributed by atoms with Gasteiger partial charge in [-0.2, -0.15) is 4.98 Å². The fourth-order valence-electron chi connectivity index (χ4n) is 5.01. The average molecular weight is 486 g/mol. The highest BCUT2D eigenvalue weighted by molar-refractivity contribution is 6.32. The summed E-state index contributed by atoms with van der Waals surface area (Å²) in [7, 11) is 1.59. The van der Waals surface area contributed by atoms with Gasteiger partial charge >= 0.3 is 0 Å². The van der Waals surface area contributed by atoms with Crippen LogP contribution in [0, 0.1) is 5.41 Å². The molecule has 2 aromatic rings. The van der Waals surface area contributed by atoms with E-state index in [0.717, 1.165) is 31.5 Å². The van der Waals surface area contributed by atoms with E-state index < -0.39 is 0 Å². The van der Waals surface area contributed by atoms with Crippen molar-refractivity contribution in [1.82, 2.24) is 15.3 Å². The summed E-state index contributed by atoms with van der Waals surface area (Å²) in [6, 6.07) is 5.66. The van der Waals surface area contributed by atoms with Crippen LogP contribution in [0.1, 0.15) is 60.9 Å². The molecule has 3 N–H and O–H groups in total. The number of carbonyl (C=O) groups is 1. The van der Waals surface area contributed by atoms with Crippen molar-refractivity contribution in [3.63, 3.8) is 0 Å². The number of ether oxygens (including phenoxy) is 1. The molecule has 0 bridgehead atoms. The van der Waals surface area contributed by atoms with E-state index in [4.69, 9.17) is 21.3 Å². The van der Waals surface area contributed by atoms with Crippen LogP contribution in [0.15, 0.2) is 24.4 Å². The minimum atomic E-state index is -0.264. The zero-order chi connectivity index (χ0) is 23.7. The van der Waals surface area contributed by atoms with Crippen molar-refractivity contribution in [3.05, 3.63) is 40.5 Å². The third-order valence-electron chi connectivity index (χ3n) is 7.41. The van der Waals surface area contributed by atoms with Crippen LogP contribution in [0.5, 0.6) is 5.75 Å². The molecule has 9 heteroatoms. The fraction of sp³-hybridized carbons (Fsp3) is 0.560. The van der Waals surface area contributed by atoms with Crippen molar-refractivity contribution in [3.8, 4) is 5.75 Å². The van der Waals surface area contributed by atoms with Crippen molar-refractivity contribution in [2.45, 2.75) is 63.6 Å². The molecule has 3 fully saturated rings. The van der Waals surface area contributed by atoms with E-state index in [1.165, 1.54) is 19.3 Å². The quantitative estimate of drug-likeness (QED) is 0.548. The standard InChI is InChI=1S/C25H32ClN5O3/c1-34-21-7-2-16(12-20(21)26)13-27-22-19(23(33)29-17-3-5-18(32)6-4-17)14-28-24(30-22)31-11-10-25(15-31)8-9-25/h2,7,12,14,17-18,32H,3-6,8-11,13,15H2,1H3,(H,29,33)(H,27,28,30). The predicted molar refractivity (Wildman–Crippen MR) is 132 cm³/mol. The molecule has 1 spiro atoms. The van der Waals surface area contributed by atoms with Gasteiger partial charge in [0.1, 0.15) is 17.1 Å². The van der Waals surface area contributed by atoms with Gasteiger partial charge in [-0.25, -0.2) is 4.98 Å². The molecular weight excluding hydrogens is 454 g/mol. The Kier molecular flexibility index (Phi) is 6.53. The van der Waals surface area contributed by atoms with E-state index in [-0.39, 0.29) is 18.1 Å². The number of aliphatic hydroxyl groups is 1. The van der Waals surface area contributed by atoms with Gasteiger partial charge in [-0.05, 0) is 68.1 Å². The SMILES string of the molecule is COc1ccc(CNc2nc(N3CCC4(CC4)C3)ncc2C(=O)NC2CCC(O)CC2)cc1Cl. The van der Waals surface area contributed by atoms with Gasteiger partial charge in [0.15, 0.2) is 0 Å². The molecule has 2 aliphatic carbocycles. The van der Waals surface area contributed by atoms with E-state index in [2.05, 4.69) is 20.5 Å². The number of methoxy groups -OCH3 is 1. The topological polar surface area (TPSA) is 99.6 Å². The Morgan fingerprint density at radius 2 is 2.06 bits per heavy atom. The smallest absolute Gasteiger partial charge is 0.256 e. The van der Waals surface area contributed by atoms with Crippen LogP contribution >= 0.6 is 11.6 Å². The fourth-order valence-corrected chi connectivity index (χ4v) is 5.29. The third-order valence-corrected chi connectivity index (χ3v) is 7.70. The number of halogens is 1. The monoisotopic (exact) mass is 485 g/mol. The summed E-state index contributed by atoms with van der Waals surface area (Å²) < 4.78 is 5.24. The van der Waals surface area contributed by atoms with E-state index in [0.29, 0.717) is 52.9 Å². The highest BCUT2D eigenvalue weighted by Crippen LogP contribution is 2.53. The number of benzene rings is 1. The number of nitrogens with one attached hydrogen (secondary N) is 2. The highest BCUT2D eigenvalue weighted by Gasteiger charge is 2.48. The first-order valence-corrected chi connectivity index (χ1v) is 12.5. The summed E-state index contributed by atoms with van der Waals surface area (Å²) in [4.78, 5) is 24.8. The van der Waals surface area contributed by atoms with Crippen molar-refractivity contribution < 1.29 is 14.6 Å². The Balaban J connectivity index is 1.34. The molecule has 34 heavy (non-hydrogen) atoms. The van der Waals surface area contributed by atoms with Crippen molar-refractivity contribution in [2.75, 3.05) is 30.4 Å². The largest absolute Gasteiger partial charge is 0.495 e. The number of anilines is 2. The third kappa shape index (κ3) is 5.08. The van der Waals surface area contributed by atoms with Crippen LogP contribution in [0.2, 0.25) is 5.02 Å². The first-order valence-electron chi connectivity index (χ1n) is 12.1. The lowest BCUT2D eigenvalue weighted by Crippen LogP contribution is -2.39. The predicted octanol–water partition coefficient (Wildman–Crippen LogP) is 3.77. The molecular formula is C25H32ClN5O3. The molecule has 2 heterocycles. The van der Waals surface area contributed by atoms with Gasteiger partial charge in [0, 0.05) is 31.9 Å². The van der Waals surface area contributed by atoms with Crippen LogP contribution in [0.3, 0.4) is 0 Å². The number of hydrogen-bond donors (Lipinski definition) is 3. The number of nitrogens with zero attached hydrogens (tertiary/aromatic N) is 3. The van der Waals surface area contributed by atoms with Crippen LogP contribution in [0.25, 0.3) is 0 Å². The Morgan fingerprint density at radius 1 is 1.26 bits per heavy atom. The molecule has 1 saturated heterocycles. The van der Waals surface area contributed by atoms with E-state index in [9.17, 15) is 9.90 Å². The zero-order valence-electron chi connectivity index (χ0n) is 19.5. The first kappa shape index (κ1) is 23.2. The number of rotatable bonds is 7. The minimum absolute atomic E-state index is 0.0529. The Labute approximate surface area is 205 Å². The average Bonchev–Trinajstić information content (AvgIpc) is 3.47. The Hall–Kier alpha value is -2.58. The molecule has 0 unspecified atom stereocenters. The molecule has 1 aromatic carbocycles. The Morgan fingerprint density at radius 3 is 2.74 bits per heavy atom. The maximum absolute atomic E-state index is 13.2. The number of amides is 1. The second kappa shape index (κ2) is 9.58. The molecule has 5 rings (SSSR count). The van der Waals surface area contributed by atoms with Crippen molar-refractivity contribution in [1.29, 1.82) is 0 Å². The summed E-state index contributed by atoms with van der Waals surface area (Å²) in [6.07, 6.45) is 8.08. The second-order valence-corrected chi connectivity index (χ2v) is 10.3. The molecule has 8 nitrogen and oxygen atoms in total. The summed E-state index contributed by atoms with van der Waals surface area (Å²) in [5, 5.41) is 16.8. The molecule has 1 aliphatic heterocycles. The Bertz CT molecular complexity index is 1050. The minimum Gasteiger partial charge on any atom is -0.495 e. The molecule has 0 atom stereocenters. The summed E-state index contributed by atoms with van der Waals surface area (Å²) in [6.45, 7) is 2.39. The van der Waals surface area contributed by atoms with Gasteiger partial charge in [0.25, 0.3) is 5.91 Å². The molecule has 1 amide bonds. The lowest BCUT2D eigenvalue weighted by atomic mass is 9.93. The first-order chi connectivity index (χ1) is 16.4. The lowest BCUT2D eigenvalue weighted by Gasteiger charge is -2.26. The van der Waals surface area contributed by atoms with Gasteiger partial charge in [-0.15, -0.1) is 0 Å². The van der Waals surface area contributed by atoms with Crippen molar-refractivity contribution in [2.24, 2.45) is 5.41 Å². The maximum atomic E-state index is 13.2. The zero-order valence-corrected chi connectivity index (χ0v) is 20.3. The van der Waals surface area contributed by atoms with Crippen LogP contribution in [-0.4, -0.2) is 53.3 Å². The van der Waals surface area contributed by atoms with Crippen LogP contribution < -0.4 is 20.3 Å². The van der Waals surface area contributed by atoms with Crippen LogP contribution in [0.4, 0.5) is 11.8 Å². The normalized spacial score (nSPS) is 23.1. The van der Waals surface area contributed by atoms with Gasteiger partial charge in [-0.1, -0.05) is 17.7 Å². The van der Waals surface area contributed by atoms with Gasteiger partial charge in [0.2, 0.25) is 5.95 Å². The molecule has 182 valence electrons. The highest BCUT2D eigenvalue weighted by atomic mass is 35.5. The summed E-state index contributed by atoms with van der Waals surface area (Å²) in [5.41, 5.74) is 1.84. The van der Waals surface area contributed by atoms with Crippen molar-refractivity contribution >= 4 is 29.3 Å². The summed E-state index contributed by atoms with van der Waals surface area (Å²) in [5.74, 6) is 1.61. The summed E-state index contributed by atoms with van der Waals surface area (Å²) >= 11 is 6.29. The lowest BCUT2D eigenvalue weighted by molar-refractivity contribution is 0.0867. The van der Waals surface area contributed by atoms with E-state index in [1.807, 2.05) is 18.2 Å². The van der Waals surface area contributed by atoms with E-state index in [1.54, 1.807) is 13.3 Å². The number of hydrogen-bond acceptors (Lipinski definition) is 7. The molecule has 0 radical (unpaired) electrons. The van der Waals surface area contributed by atoms with E-state index >= 15 is 0 Å².